The van der Waals surface area contributed by atoms with Gasteiger partial charge in [-0.1, -0.05) is 76.2 Å². The standard InChI is InChI=1S/C24H23NO2/c1-14(2)17-10-7-11-18(15(3)4)22(17)25-23(26)20-13-12-16-8-5-6-9-19(16)21(20)24(25)27/h5-15H,1-4H3. The van der Waals surface area contributed by atoms with Crippen LogP contribution in [0.3, 0.4) is 0 Å². The Hall–Kier alpha value is -2.94. The van der Waals surface area contributed by atoms with E-state index in [2.05, 4.69) is 27.7 Å². The number of anilines is 1. The normalized spacial score (nSPS) is 13.9. The molecule has 0 fully saturated rings. The van der Waals surface area contributed by atoms with Gasteiger partial charge in [-0.3, -0.25) is 9.59 Å². The first-order valence-electron chi connectivity index (χ1n) is 9.45. The summed E-state index contributed by atoms with van der Waals surface area (Å²) in [6.45, 7) is 8.38. The Morgan fingerprint density at radius 3 is 1.96 bits per heavy atom. The highest BCUT2D eigenvalue weighted by Crippen LogP contribution is 2.40. The van der Waals surface area contributed by atoms with Gasteiger partial charge in [-0.2, -0.15) is 0 Å². The van der Waals surface area contributed by atoms with Gasteiger partial charge >= 0.3 is 0 Å². The van der Waals surface area contributed by atoms with E-state index in [-0.39, 0.29) is 23.7 Å². The molecular weight excluding hydrogens is 334 g/mol. The van der Waals surface area contributed by atoms with Crippen molar-refractivity contribution in [2.45, 2.75) is 39.5 Å². The summed E-state index contributed by atoms with van der Waals surface area (Å²) in [5.41, 5.74) is 3.83. The third kappa shape index (κ3) is 2.57. The van der Waals surface area contributed by atoms with Gasteiger partial charge < -0.3 is 0 Å². The van der Waals surface area contributed by atoms with Gasteiger partial charge in [0.05, 0.1) is 16.8 Å². The number of carbonyl (C=O) groups excluding carboxylic acids is 2. The molecule has 0 radical (unpaired) electrons. The molecule has 1 aliphatic heterocycles. The van der Waals surface area contributed by atoms with E-state index in [0.717, 1.165) is 27.6 Å². The van der Waals surface area contributed by atoms with Crippen LogP contribution in [-0.2, 0) is 0 Å². The van der Waals surface area contributed by atoms with E-state index in [4.69, 9.17) is 0 Å². The molecule has 0 unspecified atom stereocenters. The Morgan fingerprint density at radius 2 is 1.33 bits per heavy atom. The molecule has 136 valence electrons. The highest BCUT2D eigenvalue weighted by molar-refractivity contribution is 6.38. The summed E-state index contributed by atoms with van der Waals surface area (Å²) in [6.07, 6.45) is 0. The van der Waals surface area contributed by atoms with Crippen LogP contribution in [0.2, 0.25) is 0 Å². The van der Waals surface area contributed by atoms with Gasteiger partial charge in [-0.25, -0.2) is 4.90 Å². The van der Waals surface area contributed by atoms with Gasteiger partial charge in [0.25, 0.3) is 11.8 Å². The monoisotopic (exact) mass is 357 g/mol. The maximum absolute atomic E-state index is 13.5. The van der Waals surface area contributed by atoms with Crippen LogP contribution in [0.1, 0.15) is 71.4 Å². The molecule has 3 nitrogen and oxygen atoms in total. The third-order valence-corrected chi connectivity index (χ3v) is 5.35. The minimum Gasteiger partial charge on any atom is -0.268 e. The van der Waals surface area contributed by atoms with E-state index in [1.165, 1.54) is 4.90 Å². The fraction of sp³-hybridized carbons (Fsp3) is 0.250. The largest absolute Gasteiger partial charge is 0.268 e. The number of carbonyl (C=O) groups is 2. The zero-order valence-corrected chi connectivity index (χ0v) is 16.1. The summed E-state index contributed by atoms with van der Waals surface area (Å²) in [5.74, 6) is -0.0305. The zero-order chi connectivity index (χ0) is 19.3. The fourth-order valence-electron chi connectivity index (χ4n) is 3.98. The topological polar surface area (TPSA) is 37.4 Å². The molecule has 4 rings (SSSR count). The van der Waals surface area contributed by atoms with Gasteiger partial charge in [-0.05, 0) is 39.8 Å². The summed E-state index contributed by atoms with van der Waals surface area (Å²) in [6, 6.07) is 17.5. The van der Waals surface area contributed by atoms with Gasteiger partial charge in [0.2, 0.25) is 0 Å². The van der Waals surface area contributed by atoms with E-state index in [9.17, 15) is 9.59 Å². The molecule has 3 aromatic carbocycles. The van der Waals surface area contributed by atoms with Crippen LogP contribution in [0.15, 0.2) is 54.6 Å². The quantitative estimate of drug-likeness (QED) is 0.548. The molecule has 1 aliphatic rings. The molecule has 0 saturated heterocycles. The van der Waals surface area contributed by atoms with Crippen molar-refractivity contribution in [1.29, 1.82) is 0 Å². The van der Waals surface area contributed by atoms with Gasteiger partial charge in [0, 0.05) is 0 Å². The van der Waals surface area contributed by atoms with E-state index < -0.39 is 0 Å². The fourth-order valence-corrected chi connectivity index (χ4v) is 3.98. The number of benzene rings is 3. The van der Waals surface area contributed by atoms with Crippen molar-refractivity contribution in [2.24, 2.45) is 0 Å². The van der Waals surface area contributed by atoms with E-state index in [1.807, 2.05) is 48.5 Å². The molecule has 1 heterocycles. The van der Waals surface area contributed by atoms with Crippen molar-refractivity contribution in [1.82, 2.24) is 0 Å². The van der Waals surface area contributed by atoms with E-state index in [1.54, 1.807) is 6.07 Å². The van der Waals surface area contributed by atoms with Crippen LogP contribution < -0.4 is 4.90 Å². The van der Waals surface area contributed by atoms with Crippen LogP contribution in [0.25, 0.3) is 10.8 Å². The Balaban J connectivity index is 1.99. The van der Waals surface area contributed by atoms with Crippen molar-refractivity contribution < 1.29 is 9.59 Å². The summed E-state index contributed by atoms with van der Waals surface area (Å²) in [7, 11) is 0. The molecule has 0 aliphatic carbocycles. The molecule has 0 N–H and O–H groups in total. The number of para-hydroxylation sites is 1. The predicted octanol–water partition coefficient (Wildman–Crippen LogP) is 5.89. The first-order valence-corrected chi connectivity index (χ1v) is 9.45. The van der Waals surface area contributed by atoms with Crippen molar-refractivity contribution in [3.63, 3.8) is 0 Å². The lowest BCUT2D eigenvalue weighted by Gasteiger charge is -2.25. The van der Waals surface area contributed by atoms with Crippen molar-refractivity contribution in [2.75, 3.05) is 4.90 Å². The Bertz CT molecular complexity index is 1050. The van der Waals surface area contributed by atoms with Crippen LogP contribution in [0, 0.1) is 0 Å². The minimum atomic E-state index is -0.226. The van der Waals surface area contributed by atoms with Crippen LogP contribution in [0.5, 0.6) is 0 Å². The molecular formula is C24H23NO2. The van der Waals surface area contributed by atoms with Crippen molar-refractivity contribution >= 4 is 28.3 Å². The highest BCUT2D eigenvalue weighted by Gasteiger charge is 2.40. The summed E-state index contributed by atoms with van der Waals surface area (Å²) < 4.78 is 0. The minimum absolute atomic E-state index is 0.208. The summed E-state index contributed by atoms with van der Waals surface area (Å²) in [5, 5.41) is 1.81. The van der Waals surface area contributed by atoms with Gasteiger partial charge in [-0.15, -0.1) is 0 Å². The number of nitrogens with zero attached hydrogens (tertiary/aromatic N) is 1. The predicted molar refractivity (Wildman–Crippen MR) is 110 cm³/mol. The average molecular weight is 357 g/mol. The maximum Gasteiger partial charge on any atom is 0.266 e. The number of hydrogen-bond acceptors (Lipinski definition) is 2. The summed E-state index contributed by atoms with van der Waals surface area (Å²) in [4.78, 5) is 28.2. The van der Waals surface area contributed by atoms with E-state index in [0.29, 0.717) is 11.1 Å². The highest BCUT2D eigenvalue weighted by atomic mass is 16.2. The molecule has 3 aromatic rings. The van der Waals surface area contributed by atoms with Crippen molar-refractivity contribution in [3.8, 4) is 0 Å². The van der Waals surface area contributed by atoms with E-state index >= 15 is 0 Å². The maximum atomic E-state index is 13.5. The lowest BCUT2D eigenvalue weighted by atomic mass is 9.92. The molecule has 0 saturated carbocycles. The summed E-state index contributed by atoms with van der Waals surface area (Å²) >= 11 is 0. The number of amides is 2. The van der Waals surface area contributed by atoms with Gasteiger partial charge in [0.1, 0.15) is 0 Å². The number of rotatable bonds is 3. The third-order valence-electron chi connectivity index (χ3n) is 5.35. The van der Waals surface area contributed by atoms with Gasteiger partial charge in [0.15, 0.2) is 0 Å². The second kappa shape index (κ2) is 6.34. The first kappa shape index (κ1) is 17.5. The number of hydrogen-bond donors (Lipinski definition) is 0. The molecule has 0 spiro atoms. The first-order chi connectivity index (χ1) is 12.9. The molecule has 0 atom stereocenters. The second-order valence-corrected chi connectivity index (χ2v) is 7.75. The van der Waals surface area contributed by atoms with Crippen molar-refractivity contribution in [3.05, 3.63) is 76.9 Å². The lowest BCUT2D eigenvalue weighted by molar-refractivity contribution is 0.0926. The van der Waals surface area contributed by atoms with Crippen LogP contribution in [-0.4, -0.2) is 11.8 Å². The van der Waals surface area contributed by atoms with Crippen LogP contribution in [0.4, 0.5) is 5.69 Å². The number of imide groups is 1. The molecule has 0 aromatic heterocycles. The average Bonchev–Trinajstić information content (AvgIpc) is 2.91. The molecule has 27 heavy (non-hydrogen) atoms. The SMILES string of the molecule is CC(C)c1cccc(C(C)C)c1N1C(=O)c2ccc3ccccc3c2C1=O. The lowest BCUT2D eigenvalue weighted by Crippen LogP contribution is -2.31. The molecule has 2 amide bonds. The van der Waals surface area contributed by atoms with Crippen LogP contribution >= 0.6 is 0 Å². The molecule has 3 heteroatoms. The Labute approximate surface area is 159 Å². The Morgan fingerprint density at radius 1 is 0.704 bits per heavy atom. The molecule has 0 bridgehead atoms. The zero-order valence-electron chi connectivity index (χ0n) is 16.1. The smallest absolute Gasteiger partial charge is 0.266 e. The Kier molecular flexibility index (Phi) is 4.11. The second-order valence-electron chi connectivity index (χ2n) is 7.75. The number of fused-ring (bicyclic) bond motifs is 3.